The highest BCUT2D eigenvalue weighted by atomic mass is 35.5. The minimum atomic E-state index is -1.06. The predicted octanol–water partition coefficient (Wildman–Crippen LogP) is 3.55. The van der Waals surface area contributed by atoms with Crippen molar-refractivity contribution in [2.24, 2.45) is 0 Å². The van der Waals surface area contributed by atoms with Gasteiger partial charge in [0.05, 0.1) is 10.9 Å². The number of halogens is 3. The molecule has 0 saturated heterocycles. The van der Waals surface area contributed by atoms with E-state index in [1.807, 2.05) is 0 Å². The summed E-state index contributed by atoms with van der Waals surface area (Å²) < 4.78 is 40.5. The number of alkyl halides is 1. The van der Waals surface area contributed by atoms with Gasteiger partial charge in [0.2, 0.25) is 0 Å². The maximum Gasteiger partial charge on any atom is 0.184 e. The summed E-state index contributed by atoms with van der Waals surface area (Å²) in [6.07, 6.45) is 1.57. The first-order valence-corrected chi connectivity index (χ1v) is 8.29. The SMILES string of the molecule is CC(Cl)c1nc2ccc(F)c(F)c2n1C(C)CS(C)=O. The van der Waals surface area contributed by atoms with Crippen LogP contribution in [0, 0.1) is 11.6 Å². The number of rotatable bonds is 4. The second-order valence-corrected chi connectivity index (χ2v) is 6.91. The van der Waals surface area contributed by atoms with Crippen LogP contribution in [0.5, 0.6) is 0 Å². The summed E-state index contributed by atoms with van der Waals surface area (Å²) in [7, 11) is -1.06. The van der Waals surface area contributed by atoms with Crippen LogP contribution in [0.4, 0.5) is 8.78 Å². The number of aromatic nitrogens is 2. The lowest BCUT2D eigenvalue weighted by Crippen LogP contribution is -2.16. The van der Waals surface area contributed by atoms with Gasteiger partial charge in [-0.05, 0) is 26.0 Å². The molecule has 0 aliphatic heterocycles. The minimum Gasteiger partial charge on any atom is -0.320 e. The number of nitrogens with zero attached hydrogens (tertiary/aromatic N) is 2. The standard InChI is InChI=1S/C13H15ClF2N2OS/c1-7(6-20(3)19)18-12-10(17-13(18)8(2)14)5-4-9(15)11(12)16/h4-5,7-8H,6H2,1-3H3. The van der Waals surface area contributed by atoms with Crippen molar-refractivity contribution >= 4 is 33.4 Å². The van der Waals surface area contributed by atoms with E-state index >= 15 is 0 Å². The zero-order chi connectivity index (χ0) is 15.0. The van der Waals surface area contributed by atoms with Gasteiger partial charge in [-0.2, -0.15) is 0 Å². The van der Waals surface area contributed by atoms with Gasteiger partial charge in [-0.15, -0.1) is 11.6 Å². The van der Waals surface area contributed by atoms with E-state index in [2.05, 4.69) is 4.98 Å². The molecular formula is C13H15ClF2N2OS. The van der Waals surface area contributed by atoms with Gasteiger partial charge >= 0.3 is 0 Å². The van der Waals surface area contributed by atoms with Crippen LogP contribution in [-0.2, 0) is 10.8 Å². The van der Waals surface area contributed by atoms with Crippen molar-refractivity contribution in [2.75, 3.05) is 12.0 Å². The second-order valence-electron chi connectivity index (χ2n) is 4.77. The topological polar surface area (TPSA) is 34.9 Å². The average molecular weight is 321 g/mol. The van der Waals surface area contributed by atoms with Crippen LogP contribution < -0.4 is 0 Å². The van der Waals surface area contributed by atoms with E-state index in [1.54, 1.807) is 24.7 Å². The van der Waals surface area contributed by atoms with Crippen molar-refractivity contribution in [1.82, 2.24) is 9.55 Å². The largest absolute Gasteiger partial charge is 0.320 e. The van der Waals surface area contributed by atoms with Crippen molar-refractivity contribution in [1.29, 1.82) is 0 Å². The Kier molecular flexibility index (Phi) is 4.44. The summed E-state index contributed by atoms with van der Waals surface area (Å²) in [5.41, 5.74) is 0.422. The minimum absolute atomic E-state index is 0.0745. The Morgan fingerprint density at radius 2 is 2.05 bits per heavy atom. The first-order chi connectivity index (χ1) is 9.32. The van der Waals surface area contributed by atoms with E-state index in [-0.39, 0.29) is 11.6 Å². The third-order valence-corrected chi connectivity index (χ3v) is 4.19. The molecule has 2 rings (SSSR count). The molecule has 1 heterocycles. The smallest absolute Gasteiger partial charge is 0.184 e. The van der Waals surface area contributed by atoms with Crippen LogP contribution >= 0.6 is 11.6 Å². The van der Waals surface area contributed by atoms with Gasteiger partial charge in [0, 0.05) is 28.9 Å². The van der Waals surface area contributed by atoms with Crippen molar-refractivity contribution in [2.45, 2.75) is 25.3 Å². The molecule has 1 aromatic heterocycles. The van der Waals surface area contributed by atoms with Gasteiger partial charge in [-0.25, -0.2) is 13.8 Å². The Balaban J connectivity index is 2.73. The molecule has 7 heteroatoms. The molecule has 0 saturated carbocycles. The molecule has 0 spiro atoms. The molecular weight excluding hydrogens is 306 g/mol. The maximum absolute atomic E-state index is 14.1. The molecule has 3 atom stereocenters. The monoisotopic (exact) mass is 320 g/mol. The van der Waals surface area contributed by atoms with Crippen LogP contribution in [0.1, 0.15) is 31.1 Å². The molecule has 0 amide bonds. The van der Waals surface area contributed by atoms with Crippen LogP contribution in [-0.4, -0.2) is 25.8 Å². The van der Waals surface area contributed by atoms with Crippen LogP contribution in [0.2, 0.25) is 0 Å². The van der Waals surface area contributed by atoms with Gasteiger partial charge in [0.15, 0.2) is 11.6 Å². The lowest BCUT2D eigenvalue weighted by Gasteiger charge is -2.17. The highest BCUT2D eigenvalue weighted by Crippen LogP contribution is 2.30. The number of fused-ring (bicyclic) bond motifs is 1. The molecule has 3 unspecified atom stereocenters. The predicted molar refractivity (Wildman–Crippen MR) is 77.6 cm³/mol. The van der Waals surface area contributed by atoms with E-state index in [0.29, 0.717) is 17.1 Å². The Morgan fingerprint density at radius 1 is 1.40 bits per heavy atom. The van der Waals surface area contributed by atoms with Crippen molar-refractivity contribution in [3.8, 4) is 0 Å². The highest BCUT2D eigenvalue weighted by Gasteiger charge is 2.23. The zero-order valence-corrected chi connectivity index (χ0v) is 12.9. The number of imidazole rings is 1. The molecule has 2 aromatic rings. The van der Waals surface area contributed by atoms with E-state index in [0.717, 1.165) is 6.07 Å². The highest BCUT2D eigenvalue weighted by molar-refractivity contribution is 7.84. The Hall–Kier alpha value is -1.01. The normalized spacial score (nSPS) is 16.3. The van der Waals surface area contributed by atoms with Gasteiger partial charge < -0.3 is 4.57 Å². The Morgan fingerprint density at radius 3 is 2.60 bits per heavy atom. The average Bonchev–Trinajstić information content (AvgIpc) is 2.73. The van der Waals surface area contributed by atoms with Crippen molar-refractivity contribution in [3.63, 3.8) is 0 Å². The van der Waals surface area contributed by atoms with Crippen LogP contribution in [0.25, 0.3) is 11.0 Å². The molecule has 0 N–H and O–H groups in total. The third kappa shape index (κ3) is 2.72. The summed E-state index contributed by atoms with van der Waals surface area (Å²) >= 11 is 6.08. The third-order valence-electron chi connectivity index (χ3n) is 3.04. The lowest BCUT2D eigenvalue weighted by molar-refractivity contribution is 0.504. The molecule has 3 nitrogen and oxygen atoms in total. The molecule has 0 bridgehead atoms. The first kappa shape index (κ1) is 15.4. The van der Waals surface area contributed by atoms with Gasteiger partial charge in [0.1, 0.15) is 11.3 Å². The van der Waals surface area contributed by atoms with Crippen LogP contribution in [0.3, 0.4) is 0 Å². The summed E-state index contributed by atoms with van der Waals surface area (Å²) in [5, 5.41) is -0.461. The first-order valence-electron chi connectivity index (χ1n) is 6.12. The number of hydrogen-bond donors (Lipinski definition) is 0. The fraction of sp³-hybridized carbons (Fsp3) is 0.462. The molecule has 0 radical (unpaired) electrons. The second kappa shape index (κ2) is 5.77. The summed E-state index contributed by atoms with van der Waals surface area (Å²) in [6, 6.07) is 2.17. The number of hydrogen-bond acceptors (Lipinski definition) is 2. The van der Waals surface area contributed by atoms with E-state index in [9.17, 15) is 13.0 Å². The Bertz CT molecular complexity index is 672. The van der Waals surface area contributed by atoms with Crippen molar-refractivity contribution in [3.05, 3.63) is 29.6 Å². The fourth-order valence-corrected chi connectivity index (χ4v) is 3.26. The summed E-state index contributed by atoms with van der Waals surface area (Å²) in [4.78, 5) is 4.27. The Labute approximate surface area is 123 Å². The summed E-state index contributed by atoms with van der Waals surface area (Å²) in [5.74, 6) is -1.12. The zero-order valence-electron chi connectivity index (χ0n) is 11.4. The lowest BCUT2D eigenvalue weighted by atomic mass is 10.2. The van der Waals surface area contributed by atoms with Crippen molar-refractivity contribution < 1.29 is 13.0 Å². The molecule has 0 fully saturated rings. The molecule has 20 heavy (non-hydrogen) atoms. The van der Waals surface area contributed by atoms with E-state index < -0.39 is 27.8 Å². The van der Waals surface area contributed by atoms with E-state index in [1.165, 1.54) is 6.07 Å². The van der Waals surface area contributed by atoms with E-state index in [4.69, 9.17) is 11.6 Å². The molecule has 0 aliphatic carbocycles. The van der Waals surface area contributed by atoms with Gasteiger partial charge in [-0.3, -0.25) is 4.21 Å². The summed E-state index contributed by atoms with van der Waals surface area (Å²) in [6.45, 7) is 3.50. The quantitative estimate of drug-likeness (QED) is 0.807. The number of benzene rings is 1. The molecule has 110 valence electrons. The molecule has 0 aliphatic rings. The fourth-order valence-electron chi connectivity index (χ4n) is 2.28. The van der Waals surface area contributed by atoms with Gasteiger partial charge in [-0.1, -0.05) is 0 Å². The maximum atomic E-state index is 14.1. The van der Waals surface area contributed by atoms with Gasteiger partial charge in [0.25, 0.3) is 0 Å². The van der Waals surface area contributed by atoms with Crippen LogP contribution in [0.15, 0.2) is 12.1 Å². The molecule has 1 aromatic carbocycles.